The van der Waals surface area contributed by atoms with Gasteiger partial charge in [-0.15, -0.1) is 0 Å². The largest absolute Gasteiger partial charge is 0.339 e. The molecule has 3 nitrogen and oxygen atoms in total. The summed E-state index contributed by atoms with van der Waals surface area (Å²) < 4.78 is 0. The van der Waals surface area contributed by atoms with Crippen LogP contribution in [0.5, 0.6) is 0 Å². The second-order valence-electron chi connectivity index (χ2n) is 6.34. The third kappa shape index (κ3) is 3.01. The van der Waals surface area contributed by atoms with Crippen molar-refractivity contribution in [2.24, 2.45) is 11.3 Å². The van der Waals surface area contributed by atoms with E-state index in [-0.39, 0.29) is 5.41 Å². The number of rotatable bonds is 4. The summed E-state index contributed by atoms with van der Waals surface area (Å²) in [4.78, 5) is 14.8. The molecular formula is C14H26N2O. The minimum absolute atomic E-state index is 0.169. The van der Waals surface area contributed by atoms with Crippen LogP contribution in [0.1, 0.15) is 46.5 Å². The molecule has 0 radical (unpaired) electrons. The van der Waals surface area contributed by atoms with Gasteiger partial charge in [0.15, 0.2) is 0 Å². The van der Waals surface area contributed by atoms with Crippen molar-refractivity contribution < 1.29 is 4.79 Å². The van der Waals surface area contributed by atoms with Gasteiger partial charge in [-0.05, 0) is 58.9 Å². The SMILES string of the molecule is CC(C)N(CC1CC1)C(=O)C1(C)CCCNC1. The van der Waals surface area contributed by atoms with E-state index in [1.165, 1.54) is 12.8 Å². The molecule has 1 aliphatic carbocycles. The van der Waals surface area contributed by atoms with E-state index in [9.17, 15) is 4.79 Å². The van der Waals surface area contributed by atoms with E-state index in [0.717, 1.165) is 38.4 Å². The van der Waals surface area contributed by atoms with E-state index in [4.69, 9.17) is 0 Å². The summed E-state index contributed by atoms with van der Waals surface area (Å²) in [5.41, 5.74) is -0.169. The van der Waals surface area contributed by atoms with E-state index in [0.29, 0.717) is 11.9 Å². The number of hydrogen-bond acceptors (Lipinski definition) is 2. The number of carbonyl (C=O) groups is 1. The molecule has 1 unspecified atom stereocenters. The predicted octanol–water partition coefficient (Wildman–Crippen LogP) is 2.02. The maximum absolute atomic E-state index is 12.7. The van der Waals surface area contributed by atoms with Crippen LogP contribution in [0.25, 0.3) is 0 Å². The summed E-state index contributed by atoms with van der Waals surface area (Å²) in [7, 11) is 0. The number of nitrogens with one attached hydrogen (secondary N) is 1. The molecule has 0 aromatic heterocycles. The van der Waals surface area contributed by atoms with Gasteiger partial charge < -0.3 is 10.2 Å². The molecule has 2 aliphatic rings. The molecule has 1 aliphatic heterocycles. The molecular weight excluding hydrogens is 212 g/mol. The van der Waals surface area contributed by atoms with Gasteiger partial charge in [0.25, 0.3) is 0 Å². The first kappa shape index (κ1) is 12.9. The van der Waals surface area contributed by atoms with Gasteiger partial charge in [0, 0.05) is 19.1 Å². The van der Waals surface area contributed by atoms with Crippen molar-refractivity contribution in [3.8, 4) is 0 Å². The van der Waals surface area contributed by atoms with Crippen LogP contribution in [-0.4, -0.2) is 36.5 Å². The topological polar surface area (TPSA) is 32.3 Å². The van der Waals surface area contributed by atoms with Crippen LogP contribution in [0.15, 0.2) is 0 Å². The molecule has 0 aromatic carbocycles. The fourth-order valence-corrected chi connectivity index (χ4v) is 2.69. The lowest BCUT2D eigenvalue weighted by Gasteiger charge is -2.39. The van der Waals surface area contributed by atoms with Crippen molar-refractivity contribution >= 4 is 5.91 Å². The monoisotopic (exact) mass is 238 g/mol. The predicted molar refractivity (Wildman–Crippen MR) is 69.8 cm³/mol. The fraction of sp³-hybridized carbons (Fsp3) is 0.929. The fourth-order valence-electron chi connectivity index (χ4n) is 2.69. The molecule has 3 heteroatoms. The average molecular weight is 238 g/mol. The average Bonchev–Trinajstić information content (AvgIpc) is 3.09. The smallest absolute Gasteiger partial charge is 0.230 e. The van der Waals surface area contributed by atoms with Gasteiger partial charge in [0.2, 0.25) is 5.91 Å². The van der Waals surface area contributed by atoms with Crippen LogP contribution in [0, 0.1) is 11.3 Å². The Balaban J connectivity index is 2.02. The van der Waals surface area contributed by atoms with Crippen LogP contribution in [-0.2, 0) is 4.79 Å². The zero-order valence-electron chi connectivity index (χ0n) is 11.5. The Hall–Kier alpha value is -0.570. The number of carbonyl (C=O) groups excluding carboxylic acids is 1. The molecule has 1 N–H and O–H groups in total. The second-order valence-corrected chi connectivity index (χ2v) is 6.34. The molecule has 0 spiro atoms. The normalized spacial score (nSPS) is 29.4. The first-order valence-corrected chi connectivity index (χ1v) is 7.05. The van der Waals surface area contributed by atoms with Crippen LogP contribution >= 0.6 is 0 Å². The third-order valence-corrected chi connectivity index (χ3v) is 4.15. The third-order valence-electron chi connectivity index (χ3n) is 4.15. The molecule has 1 amide bonds. The number of piperidine rings is 1. The summed E-state index contributed by atoms with van der Waals surface area (Å²) >= 11 is 0. The molecule has 2 fully saturated rings. The quantitative estimate of drug-likeness (QED) is 0.812. The van der Waals surface area contributed by atoms with Crippen molar-refractivity contribution in [2.75, 3.05) is 19.6 Å². The van der Waals surface area contributed by atoms with Gasteiger partial charge in [0.05, 0.1) is 5.41 Å². The molecule has 1 saturated heterocycles. The highest BCUT2D eigenvalue weighted by atomic mass is 16.2. The minimum Gasteiger partial charge on any atom is -0.339 e. The lowest BCUT2D eigenvalue weighted by molar-refractivity contribution is -0.144. The van der Waals surface area contributed by atoms with Crippen molar-refractivity contribution in [2.45, 2.75) is 52.5 Å². The molecule has 0 aromatic rings. The molecule has 17 heavy (non-hydrogen) atoms. The molecule has 1 atom stereocenters. The zero-order valence-corrected chi connectivity index (χ0v) is 11.5. The number of hydrogen-bond donors (Lipinski definition) is 1. The summed E-state index contributed by atoms with van der Waals surface area (Å²) in [5.74, 6) is 1.15. The first-order valence-electron chi connectivity index (χ1n) is 7.05. The van der Waals surface area contributed by atoms with Gasteiger partial charge in [-0.2, -0.15) is 0 Å². The molecule has 0 bridgehead atoms. The second kappa shape index (κ2) is 4.97. The highest BCUT2D eigenvalue weighted by molar-refractivity contribution is 5.83. The standard InChI is InChI=1S/C14H26N2O/c1-11(2)16(9-12-5-6-12)13(17)14(3)7-4-8-15-10-14/h11-12,15H,4-10H2,1-3H3. The lowest BCUT2D eigenvalue weighted by Crippen LogP contribution is -2.52. The van der Waals surface area contributed by atoms with Crippen molar-refractivity contribution in [1.29, 1.82) is 0 Å². The van der Waals surface area contributed by atoms with Gasteiger partial charge in [-0.1, -0.05) is 0 Å². The Kier molecular flexibility index (Phi) is 3.76. The summed E-state index contributed by atoms with van der Waals surface area (Å²) in [6.45, 7) is 9.29. The van der Waals surface area contributed by atoms with Crippen molar-refractivity contribution in [3.63, 3.8) is 0 Å². The Morgan fingerprint density at radius 2 is 2.18 bits per heavy atom. The van der Waals surface area contributed by atoms with E-state index in [1.807, 2.05) is 0 Å². The van der Waals surface area contributed by atoms with Gasteiger partial charge in [-0.3, -0.25) is 4.79 Å². The van der Waals surface area contributed by atoms with Crippen molar-refractivity contribution in [1.82, 2.24) is 10.2 Å². The van der Waals surface area contributed by atoms with Crippen LogP contribution in [0.2, 0.25) is 0 Å². The Bertz CT molecular complexity index is 278. The minimum atomic E-state index is -0.169. The van der Waals surface area contributed by atoms with E-state index in [1.54, 1.807) is 0 Å². The highest BCUT2D eigenvalue weighted by Gasteiger charge is 2.40. The van der Waals surface area contributed by atoms with E-state index < -0.39 is 0 Å². The summed E-state index contributed by atoms with van der Waals surface area (Å²) in [5, 5.41) is 3.37. The zero-order chi connectivity index (χ0) is 12.5. The number of amides is 1. The van der Waals surface area contributed by atoms with Gasteiger partial charge in [0.1, 0.15) is 0 Å². The molecule has 1 heterocycles. The van der Waals surface area contributed by atoms with E-state index in [2.05, 4.69) is 31.0 Å². The molecule has 98 valence electrons. The maximum atomic E-state index is 12.7. The Morgan fingerprint density at radius 3 is 2.65 bits per heavy atom. The summed E-state index contributed by atoms with van der Waals surface area (Å²) in [6.07, 6.45) is 4.78. The van der Waals surface area contributed by atoms with Gasteiger partial charge >= 0.3 is 0 Å². The summed E-state index contributed by atoms with van der Waals surface area (Å²) in [6, 6.07) is 0.335. The Morgan fingerprint density at radius 1 is 1.47 bits per heavy atom. The highest BCUT2D eigenvalue weighted by Crippen LogP contribution is 2.34. The maximum Gasteiger partial charge on any atom is 0.230 e. The Labute approximate surface area is 105 Å². The number of nitrogens with zero attached hydrogens (tertiary/aromatic N) is 1. The van der Waals surface area contributed by atoms with E-state index >= 15 is 0 Å². The van der Waals surface area contributed by atoms with Crippen LogP contribution in [0.3, 0.4) is 0 Å². The molecule has 1 saturated carbocycles. The van der Waals surface area contributed by atoms with Gasteiger partial charge in [-0.25, -0.2) is 0 Å². The van der Waals surface area contributed by atoms with Crippen LogP contribution in [0.4, 0.5) is 0 Å². The molecule has 2 rings (SSSR count). The lowest BCUT2D eigenvalue weighted by atomic mass is 9.81. The van der Waals surface area contributed by atoms with Crippen LogP contribution < -0.4 is 5.32 Å². The van der Waals surface area contributed by atoms with Crippen molar-refractivity contribution in [3.05, 3.63) is 0 Å². The first-order chi connectivity index (χ1) is 8.03.